The largest absolute Gasteiger partial charge is 0.497 e. The molecule has 0 bridgehead atoms. The summed E-state index contributed by atoms with van der Waals surface area (Å²) in [6.07, 6.45) is 0.714. The van der Waals surface area contributed by atoms with Gasteiger partial charge in [0, 0.05) is 13.5 Å². The molecule has 0 amide bonds. The molecule has 0 saturated heterocycles. The van der Waals surface area contributed by atoms with Gasteiger partial charge in [-0.05, 0) is 23.3 Å². The van der Waals surface area contributed by atoms with Gasteiger partial charge < -0.3 is 14.2 Å². The van der Waals surface area contributed by atoms with Gasteiger partial charge in [-0.15, -0.1) is 0 Å². The maximum Gasteiger partial charge on any atom is 0.161 e. The molecule has 1 aromatic rings. The van der Waals surface area contributed by atoms with E-state index in [-0.39, 0.29) is 6.29 Å². The smallest absolute Gasteiger partial charge is 0.161 e. The van der Waals surface area contributed by atoms with Gasteiger partial charge in [0.25, 0.3) is 0 Å². The van der Waals surface area contributed by atoms with E-state index in [1.165, 1.54) is 11.1 Å². The lowest BCUT2D eigenvalue weighted by atomic mass is 10.0. The average molecular weight is 194 g/mol. The highest BCUT2D eigenvalue weighted by Crippen LogP contribution is 2.24. The number of methoxy groups -OCH3 is 2. The first-order chi connectivity index (χ1) is 6.83. The number of hydrogen-bond acceptors (Lipinski definition) is 3. The standard InChI is InChI=1S/C11H14O3/c1-12-10-4-3-8-6-11(13-2)14-7-9(8)5-10/h3-5,11H,6-7H2,1-2H3. The molecule has 76 valence electrons. The van der Waals surface area contributed by atoms with Crippen LogP contribution in [0.25, 0.3) is 0 Å². The van der Waals surface area contributed by atoms with Crippen molar-refractivity contribution in [3.8, 4) is 5.75 Å². The van der Waals surface area contributed by atoms with Gasteiger partial charge in [-0.25, -0.2) is 0 Å². The van der Waals surface area contributed by atoms with Crippen LogP contribution in [0, 0.1) is 0 Å². The van der Waals surface area contributed by atoms with Crippen LogP contribution in [0.15, 0.2) is 18.2 Å². The molecular weight excluding hydrogens is 180 g/mol. The molecule has 0 saturated carbocycles. The Hall–Kier alpha value is -1.06. The highest BCUT2D eigenvalue weighted by molar-refractivity contribution is 5.36. The molecule has 1 heterocycles. The van der Waals surface area contributed by atoms with Gasteiger partial charge in [-0.3, -0.25) is 0 Å². The predicted molar refractivity (Wildman–Crippen MR) is 52.3 cm³/mol. The molecule has 1 aliphatic heterocycles. The van der Waals surface area contributed by atoms with E-state index in [1.54, 1.807) is 14.2 Å². The van der Waals surface area contributed by atoms with E-state index in [4.69, 9.17) is 14.2 Å². The summed E-state index contributed by atoms with van der Waals surface area (Å²) < 4.78 is 15.8. The zero-order valence-electron chi connectivity index (χ0n) is 8.45. The van der Waals surface area contributed by atoms with E-state index < -0.39 is 0 Å². The topological polar surface area (TPSA) is 27.7 Å². The maximum absolute atomic E-state index is 5.48. The molecule has 0 N–H and O–H groups in total. The minimum Gasteiger partial charge on any atom is -0.497 e. The molecule has 0 spiro atoms. The van der Waals surface area contributed by atoms with Gasteiger partial charge in [0.1, 0.15) is 5.75 Å². The average Bonchev–Trinajstić information content (AvgIpc) is 2.27. The first-order valence-electron chi connectivity index (χ1n) is 4.63. The minimum atomic E-state index is -0.101. The molecule has 2 rings (SSSR count). The fourth-order valence-corrected chi connectivity index (χ4v) is 1.64. The third-order valence-electron chi connectivity index (χ3n) is 2.49. The van der Waals surface area contributed by atoms with Crippen LogP contribution in [0.5, 0.6) is 5.75 Å². The Morgan fingerprint density at radius 3 is 2.86 bits per heavy atom. The highest BCUT2D eigenvalue weighted by atomic mass is 16.7. The summed E-state index contributed by atoms with van der Waals surface area (Å²) in [5, 5.41) is 0. The van der Waals surface area contributed by atoms with Gasteiger partial charge in [0.2, 0.25) is 0 Å². The van der Waals surface area contributed by atoms with Crippen molar-refractivity contribution < 1.29 is 14.2 Å². The fourth-order valence-electron chi connectivity index (χ4n) is 1.64. The third-order valence-corrected chi connectivity index (χ3v) is 2.49. The molecule has 14 heavy (non-hydrogen) atoms. The van der Waals surface area contributed by atoms with Crippen molar-refractivity contribution in [2.45, 2.75) is 19.3 Å². The Bertz CT molecular complexity index is 322. The number of hydrogen-bond donors (Lipinski definition) is 0. The molecule has 0 fully saturated rings. The summed E-state index contributed by atoms with van der Waals surface area (Å²) in [6, 6.07) is 6.06. The first kappa shape index (κ1) is 9.49. The number of fused-ring (bicyclic) bond motifs is 1. The lowest BCUT2D eigenvalue weighted by Crippen LogP contribution is -2.23. The van der Waals surface area contributed by atoms with Crippen LogP contribution in [0.3, 0.4) is 0 Å². The Balaban J connectivity index is 2.23. The molecule has 1 unspecified atom stereocenters. The lowest BCUT2D eigenvalue weighted by molar-refractivity contribution is -0.137. The Morgan fingerprint density at radius 1 is 1.29 bits per heavy atom. The van der Waals surface area contributed by atoms with Gasteiger partial charge in [-0.1, -0.05) is 6.07 Å². The molecule has 0 aromatic heterocycles. The summed E-state index contributed by atoms with van der Waals surface area (Å²) in [7, 11) is 3.34. The summed E-state index contributed by atoms with van der Waals surface area (Å²) in [5.74, 6) is 0.878. The van der Waals surface area contributed by atoms with E-state index in [1.807, 2.05) is 12.1 Å². The van der Waals surface area contributed by atoms with E-state index in [0.29, 0.717) is 6.61 Å². The van der Waals surface area contributed by atoms with Crippen molar-refractivity contribution in [1.82, 2.24) is 0 Å². The summed E-state index contributed by atoms with van der Waals surface area (Å²) >= 11 is 0. The SMILES string of the molecule is COc1ccc2c(c1)COC(OC)C2. The molecule has 0 radical (unpaired) electrons. The van der Waals surface area contributed by atoms with E-state index in [9.17, 15) is 0 Å². The van der Waals surface area contributed by atoms with Crippen molar-refractivity contribution in [1.29, 1.82) is 0 Å². The van der Waals surface area contributed by atoms with Crippen LogP contribution in [-0.2, 0) is 22.5 Å². The quantitative estimate of drug-likeness (QED) is 0.717. The Kier molecular flexibility index (Phi) is 2.70. The van der Waals surface area contributed by atoms with Gasteiger partial charge >= 0.3 is 0 Å². The number of ether oxygens (including phenoxy) is 3. The van der Waals surface area contributed by atoms with Gasteiger partial charge in [0.05, 0.1) is 13.7 Å². The zero-order chi connectivity index (χ0) is 9.97. The normalized spacial score (nSPS) is 20.3. The van der Waals surface area contributed by atoms with Crippen molar-refractivity contribution in [3.05, 3.63) is 29.3 Å². The van der Waals surface area contributed by atoms with Crippen LogP contribution in [0.1, 0.15) is 11.1 Å². The maximum atomic E-state index is 5.48. The van der Waals surface area contributed by atoms with Crippen molar-refractivity contribution in [3.63, 3.8) is 0 Å². The van der Waals surface area contributed by atoms with Crippen LogP contribution < -0.4 is 4.74 Å². The summed E-state index contributed by atoms with van der Waals surface area (Å²) in [5.41, 5.74) is 2.47. The van der Waals surface area contributed by atoms with E-state index in [0.717, 1.165) is 12.2 Å². The van der Waals surface area contributed by atoms with Crippen LogP contribution in [-0.4, -0.2) is 20.5 Å². The Labute approximate surface area is 83.6 Å². The van der Waals surface area contributed by atoms with Crippen LogP contribution in [0.4, 0.5) is 0 Å². The second kappa shape index (κ2) is 3.98. The molecule has 1 aromatic carbocycles. The molecule has 3 heteroatoms. The van der Waals surface area contributed by atoms with Crippen molar-refractivity contribution in [2.75, 3.05) is 14.2 Å². The zero-order valence-corrected chi connectivity index (χ0v) is 8.45. The number of benzene rings is 1. The molecular formula is C11H14O3. The Morgan fingerprint density at radius 2 is 2.14 bits per heavy atom. The van der Waals surface area contributed by atoms with Crippen molar-refractivity contribution in [2.24, 2.45) is 0 Å². The second-order valence-electron chi connectivity index (χ2n) is 3.32. The summed E-state index contributed by atoms with van der Waals surface area (Å²) in [4.78, 5) is 0. The molecule has 0 aliphatic carbocycles. The first-order valence-corrected chi connectivity index (χ1v) is 4.63. The third kappa shape index (κ3) is 1.74. The van der Waals surface area contributed by atoms with E-state index in [2.05, 4.69) is 6.07 Å². The highest BCUT2D eigenvalue weighted by Gasteiger charge is 2.18. The second-order valence-corrected chi connectivity index (χ2v) is 3.32. The van der Waals surface area contributed by atoms with Crippen LogP contribution in [0.2, 0.25) is 0 Å². The monoisotopic (exact) mass is 194 g/mol. The van der Waals surface area contributed by atoms with E-state index >= 15 is 0 Å². The minimum absolute atomic E-state index is 0.101. The fraction of sp³-hybridized carbons (Fsp3) is 0.455. The molecule has 1 aliphatic rings. The molecule has 1 atom stereocenters. The van der Waals surface area contributed by atoms with Crippen molar-refractivity contribution >= 4 is 0 Å². The number of rotatable bonds is 2. The van der Waals surface area contributed by atoms with Gasteiger partial charge in [0.15, 0.2) is 6.29 Å². The molecule has 3 nitrogen and oxygen atoms in total. The lowest BCUT2D eigenvalue weighted by Gasteiger charge is -2.24. The van der Waals surface area contributed by atoms with Crippen LogP contribution >= 0.6 is 0 Å². The van der Waals surface area contributed by atoms with Gasteiger partial charge in [-0.2, -0.15) is 0 Å². The summed E-state index contributed by atoms with van der Waals surface area (Å²) in [6.45, 7) is 0.602. The predicted octanol–water partition coefficient (Wildman–Crippen LogP) is 1.74.